The van der Waals surface area contributed by atoms with Crippen LogP contribution in [0.25, 0.3) is 0 Å². The van der Waals surface area contributed by atoms with E-state index in [9.17, 15) is 0 Å². The van der Waals surface area contributed by atoms with Gasteiger partial charge in [-0.05, 0) is 48.7 Å². The van der Waals surface area contributed by atoms with Crippen molar-refractivity contribution in [3.63, 3.8) is 0 Å². The van der Waals surface area contributed by atoms with Crippen molar-refractivity contribution >= 4 is 11.8 Å². The van der Waals surface area contributed by atoms with E-state index in [1.807, 2.05) is 49.4 Å². The summed E-state index contributed by atoms with van der Waals surface area (Å²) in [6.45, 7) is 3.60. The number of ether oxygens (including phenoxy) is 3. The summed E-state index contributed by atoms with van der Waals surface area (Å²) in [7, 11) is 1.68. The van der Waals surface area contributed by atoms with Gasteiger partial charge in [-0.25, -0.2) is 4.98 Å². The highest BCUT2D eigenvalue weighted by Crippen LogP contribution is 2.32. The molecule has 1 aliphatic heterocycles. The molecule has 0 radical (unpaired) electrons. The molecule has 2 N–H and O–H groups in total. The van der Waals surface area contributed by atoms with Crippen molar-refractivity contribution in [3.8, 4) is 17.2 Å². The van der Waals surface area contributed by atoms with Crippen LogP contribution in [0.15, 0.2) is 48.5 Å². The first-order chi connectivity index (χ1) is 14.2. The fraction of sp³-hybridized carbons (Fsp3) is 0.273. The number of fused-ring (bicyclic) bond motifs is 1. The third kappa shape index (κ3) is 4.87. The summed E-state index contributed by atoms with van der Waals surface area (Å²) in [5.41, 5.74) is 3.19. The minimum atomic E-state index is 0.276. The highest BCUT2D eigenvalue weighted by atomic mass is 16.7. The van der Waals surface area contributed by atoms with Gasteiger partial charge in [0.2, 0.25) is 12.7 Å². The molecule has 0 atom stereocenters. The van der Waals surface area contributed by atoms with Crippen molar-refractivity contribution in [2.45, 2.75) is 19.9 Å². The standard InChI is InChI=1S/C22H24N4O3/c1-15-10-21(23-9-8-16-4-3-5-18(11-16)27-2)26-22(25-15)24-13-17-6-7-19-20(12-17)29-14-28-19/h3-7,10-12H,8-9,13-14H2,1-2H3,(H2,23,24,25,26). The average molecular weight is 392 g/mol. The zero-order valence-corrected chi connectivity index (χ0v) is 16.6. The van der Waals surface area contributed by atoms with E-state index in [0.29, 0.717) is 12.5 Å². The minimum Gasteiger partial charge on any atom is -0.497 e. The summed E-state index contributed by atoms with van der Waals surface area (Å²) >= 11 is 0. The number of nitrogens with one attached hydrogen (secondary N) is 2. The molecule has 4 rings (SSSR count). The van der Waals surface area contributed by atoms with Gasteiger partial charge in [0.15, 0.2) is 11.5 Å². The van der Waals surface area contributed by atoms with Crippen molar-refractivity contribution in [2.75, 3.05) is 31.1 Å². The zero-order valence-electron chi connectivity index (χ0n) is 16.6. The molecule has 7 nitrogen and oxygen atoms in total. The second-order valence-corrected chi connectivity index (χ2v) is 6.79. The average Bonchev–Trinajstić information content (AvgIpc) is 3.20. The molecule has 150 valence electrons. The first-order valence-corrected chi connectivity index (χ1v) is 9.54. The highest BCUT2D eigenvalue weighted by Gasteiger charge is 2.13. The summed E-state index contributed by atoms with van der Waals surface area (Å²) in [5.74, 6) is 3.81. The molecule has 29 heavy (non-hydrogen) atoms. The molecule has 0 saturated heterocycles. The second-order valence-electron chi connectivity index (χ2n) is 6.79. The molecule has 1 aliphatic rings. The summed E-state index contributed by atoms with van der Waals surface area (Å²) in [5, 5.41) is 6.66. The molecule has 0 spiro atoms. The topological polar surface area (TPSA) is 77.5 Å². The van der Waals surface area contributed by atoms with Crippen LogP contribution in [0.5, 0.6) is 17.2 Å². The fourth-order valence-electron chi connectivity index (χ4n) is 3.13. The SMILES string of the molecule is COc1cccc(CCNc2cc(C)nc(NCc3ccc4c(c3)OCO4)n2)c1. The molecule has 0 unspecified atom stereocenters. The van der Waals surface area contributed by atoms with E-state index < -0.39 is 0 Å². The summed E-state index contributed by atoms with van der Waals surface area (Å²) in [4.78, 5) is 9.05. The monoisotopic (exact) mass is 392 g/mol. The molecule has 1 aromatic heterocycles. The van der Waals surface area contributed by atoms with E-state index in [-0.39, 0.29) is 6.79 Å². The van der Waals surface area contributed by atoms with Crippen molar-refractivity contribution in [1.82, 2.24) is 9.97 Å². The summed E-state index contributed by atoms with van der Waals surface area (Å²) in [6.07, 6.45) is 0.875. The Morgan fingerprint density at radius 3 is 2.76 bits per heavy atom. The van der Waals surface area contributed by atoms with Gasteiger partial charge in [-0.2, -0.15) is 4.98 Å². The van der Waals surface area contributed by atoms with Crippen LogP contribution in [0.4, 0.5) is 11.8 Å². The molecule has 3 aromatic rings. The van der Waals surface area contributed by atoms with Crippen LogP contribution >= 0.6 is 0 Å². The maximum atomic E-state index is 5.43. The van der Waals surface area contributed by atoms with Gasteiger partial charge in [-0.1, -0.05) is 18.2 Å². The van der Waals surface area contributed by atoms with Crippen molar-refractivity contribution in [1.29, 1.82) is 0 Å². The lowest BCUT2D eigenvalue weighted by Gasteiger charge is -2.11. The zero-order chi connectivity index (χ0) is 20.1. The van der Waals surface area contributed by atoms with Crippen molar-refractivity contribution in [3.05, 3.63) is 65.4 Å². The number of aromatic nitrogens is 2. The largest absolute Gasteiger partial charge is 0.497 e. The lowest BCUT2D eigenvalue weighted by atomic mass is 10.1. The van der Waals surface area contributed by atoms with Gasteiger partial charge in [-0.15, -0.1) is 0 Å². The fourth-order valence-corrected chi connectivity index (χ4v) is 3.13. The summed E-state index contributed by atoms with van der Waals surface area (Å²) in [6, 6.07) is 15.9. The smallest absolute Gasteiger partial charge is 0.231 e. The lowest BCUT2D eigenvalue weighted by molar-refractivity contribution is 0.174. The van der Waals surface area contributed by atoms with Crippen LogP contribution in [-0.4, -0.2) is 30.4 Å². The van der Waals surface area contributed by atoms with Crippen LogP contribution in [0.3, 0.4) is 0 Å². The molecule has 0 fully saturated rings. The molecule has 7 heteroatoms. The Labute approximate surface area is 170 Å². The predicted molar refractivity (Wildman–Crippen MR) is 112 cm³/mol. The van der Waals surface area contributed by atoms with Crippen LogP contribution in [0.2, 0.25) is 0 Å². The van der Waals surface area contributed by atoms with Crippen LogP contribution in [0, 0.1) is 6.92 Å². The molecule has 2 aromatic carbocycles. The van der Waals surface area contributed by atoms with E-state index >= 15 is 0 Å². The van der Waals surface area contributed by atoms with Gasteiger partial charge in [0.25, 0.3) is 0 Å². The number of rotatable bonds is 8. The predicted octanol–water partition coefficient (Wildman–Crippen LogP) is 3.79. The summed E-state index contributed by atoms with van der Waals surface area (Å²) < 4.78 is 16.0. The Morgan fingerprint density at radius 1 is 0.966 bits per heavy atom. The van der Waals surface area contributed by atoms with Crippen LogP contribution < -0.4 is 24.8 Å². The van der Waals surface area contributed by atoms with Gasteiger partial charge in [0.05, 0.1) is 7.11 Å². The van der Waals surface area contributed by atoms with E-state index in [4.69, 9.17) is 14.2 Å². The number of anilines is 2. The first-order valence-electron chi connectivity index (χ1n) is 9.54. The number of aryl methyl sites for hydroxylation is 1. The molecular formula is C22H24N4O3. The molecule has 0 amide bonds. The normalized spacial score (nSPS) is 11.9. The Kier molecular flexibility index (Phi) is 5.65. The third-order valence-corrected chi connectivity index (χ3v) is 4.60. The Hall–Kier alpha value is -3.48. The van der Waals surface area contributed by atoms with Crippen LogP contribution in [-0.2, 0) is 13.0 Å². The Balaban J connectivity index is 1.34. The van der Waals surface area contributed by atoms with Crippen molar-refractivity contribution < 1.29 is 14.2 Å². The molecule has 2 heterocycles. The van der Waals surface area contributed by atoms with Gasteiger partial charge in [0, 0.05) is 24.8 Å². The number of hydrogen-bond donors (Lipinski definition) is 2. The van der Waals surface area contributed by atoms with Crippen LogP contribution in [0.1, 0.15) is 16.8 Å². The number of nitrogens with zero attached hydrogens (tertiary/aromatic N) is 2. The maximum absolute atomic E-state index is 5.43. The third-order valence-electron chi connectivity index (χ3n) is 4.60. The second kappa shape index (κ2) is 8.68. The Morgan fingerprint density at radius 2 is 1.86 bits per heavy atom. The van der Waals surface area contributed by atoms with Gasteiger partial charge in [0.1, 0.15) is 11.6 Å². The Bertz CT molecular complexity index is 994. The molecular weight excluding hydrogens is 368 g/mol. The van der Waals surface area contributed by atoms with E-state index in [0.717, 1.165) is 47.3 Å². The molecule has 0 aliphatic carbocycles. The van der Waals surface area contributed by atoms with Gasteiger partial charge < -0.3 is 24.8 Å². The van der Waals surface area contributed by atoms with E-state index in [1.54, 1.807) is 7.11 Å². The highest BCUT2D eigenvalue weighted by molar-refractivity contribution is 5.46. The first kappa shape index (κ1) is 18.9. The quantitative estimate of drug-likeness (QED) is 0.604. The van der Waals surface area contributed by atoms with Gasteiger partial charge in [-0.3, -0.25) is 0 Å². The van der Waals surface area contributed by atoms with Gasteiger partial charge >= 0.3 is 0 Å². The van der Waals surface area contributed by atoms with E-state index in [1.165, 1.54) is 5.56 Å². The van der Waals surface area contributed by atoms with Crippen molar-refractivity contribution in [2.24, 2.45) is 0 Å². The number of benzene rings is 2. The van der Waals surface area contributed by atoms with E-state index in [2.05, 4.69) is 26.7 Å². The minimum absolute atomic E-state index is 0.276. The maximum Gasteiger partial charge on any atom is 0.231 e. The molecule has 0 saturated carbocycles. The number of methoxy groups -OCH3 is 1. The number of hydrogen-bond acceptors (Lipinski definition) is 7. The molecule has 0 bridgehead atoms. The lowest BCUT2D eigenvalue weighted by Crippen LogP contribution is -2.10.